The predicted octanol–water partition coefficient (Wildman–Crippen LogP) is 3.34. The maximum atomic E-state index is 12.2. The van der Waals surface area contributed by atoms with Crippen LogP contribution in [-0.4, -0.2) is 26.6 Å². The van der Waals surface area contributed by atoms with Gasteiger partial charge in [-0.25, -0.2) is 4.79 Å². The highest BCUT2D eigenvalue weighted by molar-refractivity contribution is 7.08. The molecule has 0 N–H and O–H groups in total. The zero-order valence-corrected chi connectivity index (χ0v) is 12.4. The Bertz CT molecular complexity index is 557. The molecule has 0 aliphatic heterocycles. The molecular weight excluding hydrogens is 274 g/mol. The lowest BCUT2D eigenvalue weighted by atomic mass is 10.2. The zero-order chi connectivity index (χ0) is 14.4. The van der Waals surface area contributed by atoms with Crippen LogP contribution in [0.5, 0.6) is 0 Å². The molecule has 0 saturated carbocycles. The van der Waals surface area contributed by atoms with Crippen molar-refractivity contribution in [2.75, 3.05) is 0 Å². The SMILES string of the molecule is CCCC[C@H](C)OC(=O)c1snnc1-c1cccnc1. The Morgan fingerprint density at radius 3 is 3.05 bits per heavy atom. The largest absolute Gasteiger partial charge is 0.458 e. The number of pyridine rings is 1. The van der Waals surface area contributed by atoms with Crippen LogP contribution in [0.3, 0.4) is 0 Å². The summed E-state index contributed by atoms with van der Waals surface area (Å²) in [5.41, 5.74) is 1.31. The highest BCUT2D eigenvalue weighted by atomic mass is 32.1. The van der Waals surface area contributed by atoms with Crippen molar-refractivity contribution in [1.29, 1.82) is 0 Å². The molecule has 20 heavy (non-hydrogen) atoms. The van der Waals surface area contributed by atoms with Gasteiger partial charge in [-0.3, -0.25) is 4.98 Å². The summed E-state index contributed by atoms with van der Waals surface area (Å²) in [6.45, 7) is 4.02. The predicted molar refractivity (Wildman–Crippen MR) is 77.5 cm³/mol. The van der Waals surface area contributed by atoms with Crippen LogP contribution >= 0.6 is 11.5 Å². The molecule has 0 aliphatic rings. The molecule has 106 valence electrons. The molecule has 0 aliphatic carbocycles. The number of aromatic nitrogens is 3. The summed E-state index contributed by atoms with van der Waals surface area (Å²) >= 11 is 1.05. The van der Waals surface area contributed by atoms with Crippen LogP contribution in [0, 0.1) is 0 Å². The quantitative estimate of drug-likeness (QED) is 0.764. The Balaban J connectivity index is 2.10. The first-order chi connectivity index (χ1) is 9.72. The minimum Gasteiger partial charge on any atom is -0.458 e. The summed E-state index contributed by atoms with van der Waals surface area (Å²) in [5, 5.41) is 4.00. The van der Waals surface area contributed by atoms with Crippen LogP contribution in [0.1, 0.15) is 42.8 Å². The number of hydrogen-bond donors (Lipinski definition) is 0. The van der Waals surface area contributed by atoms with Crippen LogP contribution in [0.4, 0.5) is 0 Å². The normalized spacial score (nSPS) is 12.1. The number of hydrogen-bond acceptors (Lipinski definition) is 6. The van der Waals surface area contributed by atoms with Gasteiger partial charge >= 0.3 is 5.97 Å². The molecule has 1 atom stereocenters. The molecule has 0 spiro atoms. The second kappa shape index (κ2) is 7.09. The summed E-state index contributed by atoms with van der Waals surface area (Å²) in [7, 11) is 0. The molecule has 0 saturated heterocycles. The van der Waals surface area contributed by atoms with Crippen molar-refractivity contribution in [1.82, 2.24) is 14.6 Å². The highest BCUT2D eigenvalue weighted by Gasteiger charge is 2.21. The van der Waals surface area contributed by atoms with Gasteiger partial charge < -0.3 is 4.74 Å². The van der Waals surface area contributed by atoms with Crippen LogP contribution in [0.15, 0.2) is 24.5 Å². The number of ether oxygens (including phenoxy) is 1. The van der Waals surface area contributed by atoms with E-state index in [1.165, 1.54) is 0 Å². The maximum Gasteiger partial charge on any atom is 0.352 e. The smallest absolute Gasteiger partial charge is 0.352 e. The van der Waals surface area contributed by atoms with Gasteiger partial charge in [0.05, 0.1) is 6.10 Å². The molecule has 0 bridgehead atoms. The Kier molecular flexibility index (Phi) is 5.17. The Labute approximate surface area is 122 Å². The third kappa shape index (κ3) is 3.60. The van der Waals surface area contributed by atoms with E-state index in [1.807, 2.05) is 13.0 Å². The van der Waals surface area contributed by atoms with Crippen molar-refractivity contribution in [3.8, 4) is 11.3 Å². The zero-order valence-electron chi connectivity index (χ0n) is 11.6. The van der Waals surface area contributed by atoms with Gasteiger partial charge in [0, 0.05) is 18.0 Å². The van der Waals surface area contributed by atoms with Gasteiger partial charge in [-0.1, -0.05) is 24.3 Å². The van der Waals surface area contributed by atoms with Crippen molar-refractivity contribution >= 4 is 17.5 Å². The van der Waals surface area contributed by atoms with Crippen LogP contribution < -0.4 is 0 Å². The van der Waals surface area contributed by atoms with E-state index in [9.17, 15) is 4.79 Å². The summed E-state index contributed by atoms with van der Waals surface area (Å²) in [4.78, 5) is 16.6. The third-order valence-electron chi connectivity index (χ3n) is 2.88. The number of carbonyl (C=O) groups excluding carboxylic acids is 1. The average molecular weight is 291 g/mol. The first-order valence-electron chi connectivity index (χ1n) is 6.66. The van der Waals surface area contributed by atoms with Crippen LogP contribution in [0.25, 0.3) is 11.3 Å². The van der Waals surface area contributed by atoms with Crippen LogP contribution in [0.2, 0.25) is 0 Å². The van der Waals surface area contributed by atoms with E-state index in [0.717, 1.165) is 36.4 Å². The summed E-state index contributed by atoms with van der Waals surface area (Å²) in [5.74, 6) is -0.359. The monoisotopic (exact) mass is 291 g/mol. The standard InChI is InChI=1S/C14H17N3O2S/c1-3-4-6-10(2)19-14(18)13-12(16-17-20-13)11-7-5-8-15-9-11/h5,7-10H,3-4,6H2,1-2H3/t10-/m0/s1. The molecule has 0 unspecified atom stereocenters. The van der Waals surface area contributed by atoms with Gasteiger partial charge in [0.25, 0.3) is 0 Å². The van der Waals surface area contributed by atoms with Gasteiger partial charge in [-0.15, -0.1) is 5.10 Å². The van der Waals surface area contributed by atoms with Crippen molar-refractivity contribution in [3.05, 3.63) is 29.4 Å². The first-order valence-corrected chi connectivity index (χ1v) is 7.43. The van der Waals surface area contributed by atoms with Gasteiger partial charge in [0.15, 0.2) is 4.88 Å². The molecule has 2 rings (SSSR count). The Morgan fingerprint density at radius 2 is 2.35 bits per heavy atom. The molecule has 0 aromatic carbocycles. The number of carbonyl (C=O) groups is 1. The minimum atomic E-state index is -0.359. The molecule has 6 heteroatoms. The summed E-state index contributed by atoms with van der Waals surface area (Å²) in [6.07, 6.45) is 6.25. The van der Waals surface area contributed by atoms with E-state index in [-0.39, 0.29) is 12.1 Å². The molecule has 2 aromatic rings. The van der Waals surface area contributed by atoms with Crippen LogP contribution in [-0.2, 0) is 4.74 Å². The minimum absolute atomic E-state index is 0.0914. The number of nitrogens with zero attached hydrogens (tertiary/aromatic N) is 3. The molecule has 0 radical (unpaired) electrons. The van der Waals surface area contributed by atoms with Crippen molar-refractivity contribution < 1.29 is 9.53 Å². The Morgan fingerprint density at radius 1 is 1.50 bits per heavy atom. The molecule has 5 nitrogen and oxygen atoms in total. The lowest BCUT2D eigenvalue weighted by molar-refractivity contribution is 0.0327. The summed E-state index contributed by atoms with van der Waals surface area (Å²) in [6, 6.07) is 3.65. The first kappa shape index (κ1) is 14.6. The lowest BCUT2D eigenvalue weighted by Crippen LogP contribution is -2.14. The van der Waals surface area contributed by atoms with E-state index < -0.39 is 0 Å². The van der Waals surface area contributed by atoms with Gasteiger partial charge in [-0.05, 0) is 37.0 Å². The van der Waals surface area contributed by atoms with E-state index in [1.54, 1.807) is 18.5 Å². The molecule has 0 fully saturated rings. The fourth-order valence-electron chi connectivity index (χ4n) is 1.80. The summed E-state index contributed by atoms with van der Waals surface area (Å²) < 4.78 is 9.28. The molecule has 2 aromatic heterocycles. The Hall–Kier alpha value is -1.82. The van der Waals surface area contributed by atoms with Crippen molar-refractivity contribution in [2.45, 2.75) is 39.2 Å². The average Bonchev–Trinajstić information content (AvgIpc) is 2.95. The van der Waals surface area contributed by atoms with E-state index >= 15 is 0 Å². The molecular formula is C14H17N3O2S. The van der Waals surface area contributed by atoms with E-state index in [4.69, 9.17) is 4.74 Å². The van der Waals surface area contributed by atoms with Gasteiger partial charge in [-0.2, -0.15) is 0 Å². The fourth-order valence-corrected chi connectivity index (χ4v) is 2.37. The maximum absolute atomic E-state index is 12.2. The van der Waals surface area contributed by atoms with Gasteiger partial charge in [0.2, 0.25) is 0 Å². The highest BCUT2D eigenvalue weighted by Crippen LogP contribution is 2.24. The number of unbranched alkanes of at least 4 members (excludes halogenated alkanes) is 1. The topological polar surface area (TPSA) is 65.0 Å². The number of rotatable bonds is 6. The van der Waals surface area contributed by atoms with Crippen molar-refractivity contribution in [3.63, 3.8) is 0 Å². The van der Waals surface area contributed by atoms with Crippen molar-refractivity contribution in [2.24, 2.45) is 0 Å². The molecule has 2 heterocycles. The van der Waals surface area contributed by atoms with Gasteiger partial charge in [0.1, 0.15) is 5.69 Å². The third-order valence-corrected chi connectivity index (χ3v) is 3.59. The number of esters is 1. The van der Waals surface area contributed by atoms with E-state index in [0.29, 0.717) is 10.6 Å². The second-order valence-corrected chi connectivity index (χ2v) is 5.30. The van der Waals surface area contributed by atoms with E-state index in [2.05, 4.69) is 21.5 Å². The second-order valence-electron chi connectivity index (χ2n) is 4.55. The lowest BCUT2D eigenvalue weighted by Gasteiger charge is -2.11. The fraction of sp³-hybridized carbons (Fsp3) is 0.429. The molecule has 0 amide bonds.